The molecule has 0 rings (SSSR count). The van der Waals surface area contributed by atoms with Gasteiger partial charge in [0.25, 0.3) is 0 Å². The van der Waals surface area contributed by atoms with E-state index in [1.807, 2.05) is 0 Å². The van der Waals surface area contributed by atoms with Crippen LogP contribution in [0.4, 0.5) is 0 Å². The first-order chi connectivity index (χ1) is 4.57. The first-order valence-corrected chi connectivity index (χ1v) is 3.10. The summed E-state index contributed by atoms with van der Waals surface area (Å²) in [6.07, 6.45) is 0.604. The maximum absolute atomic E-state index is 10.7. The topological polar surface area (TPSA) is 46.5 Å². The Balaban J connectivity index is 3.86. The molecule has 58 valence electrons. The van der Waals surface area contributed by atoms with Crippen molar-refractivity contribution in [1.82, 2.24) is 0 Å². The lowest BCUT2D eigenvalue weighted by atomic mass is 10.3. The van der Waals surface area contributed by atoms with E-state index < -0.39 is 12.3 Å². The van der Waals surface area contributed by atoms with E-state index in [1.54, 1.807) is 19.9 Å². The Hall–Kier alpha value is -0.830. The SMILES string of the molecule is CC=C(C)C(=O)OC(C)O. The lowest BCUT2D eigenvalue weighted by Crippen LogP contribution is -2.14. The van der Waals surface area contributed by atoms with Gasteiger partial charge in [0.1, 0.15) is 0 Å². The fourth-order valence-corrected chi connectivity index (χ4v) is 0.366. The standard InChI is InChI=1S/C7H12O3/c1-4-5(2)7(9)10-6(3)8/h4,6,8H,1-3H3. The van der Waals surface area contributed by atoms with Crippen molar-refractivity contribution in [2.45, 2.75) is 27.1 Å². The number of carbonyl (C=O) groups is 1. The van der Waals surface area contributed by atoms with E-state index in [0.717, 1.165) is 0 Å². The molecule has 0 aromatic carbocycles. The molecule has 0 aromatic heterocycles. The first-order valence-electron chi connectivity index (χ1n) is 3.10. The van der Waals surface area contributed by atoms with Crippen molar-refractivity contribution in [3.63, 3.8) is 0 Å². The summed E-state index contributed by atoms with van der Waals surface area (Å²) in [6.45, 7) is 4.75. The number of aliphatic hydroxyl groups excluding tert-OH is 1. The number of aliphatic hydroxyl groups is 1. The van der Waals surface area contributed by atoms with Crippen LogP contribution in [0, 0.1) is 0 Å². The number of rotatable bonds is 2. The predicted octanol–water partition coefficient (Wildman–Crippen LogP) is 0.834. The van der Waals surface area contributed by atoms with Gasteiger partial charge in [-0.3, -0.25) is 0 Å². The van der Waals surface area contributed by atoms with Crippen LogP contribution in [0.5, 0.6) is 0 Å². The number of ether oxygens (including phenoxy) is 1. The second kappa shape index (κ2) is 4.06. The van der Waals surface area contributed by atoms with E-state index in [-0.39, 0.29) is 0 Å². The highest BCUT2D eigenvalue weighted by Gasteiger charge is 2.06. The van der Waals surface area contributed by atoms with Gasteiger partial charge in [-0.05, 0) is 20.8 Å². The lowest BCUT2D eigenvalue weighted by Gasteiger charge is -2.05. The summed E-state index contributed by atoms with van der Waals surface area (Å²) in [7, 11) is 0. The van der Waals surface area contributed by atoms with Crippen LogP contribution in [-0.2, 0) is 9.53 Å². The zero-order valence-electron chi connectivity index (χ0n) is 6.42. The van der Waals surface area contributed by atoms with Gasteiger partial charge in [-0.25, -0.2) is 4.79 Å². The van der Waals surface area contributed by atoms with E-state index in [4.69, 9.17) is 5.11 Å². The molecule has 1 unspecified atom stereocenters. The monoisotopic (exact) mass is 144 g/mol. The van der Waals surface area contributed by atoms with Crippen LogP contribution >= 0.6 is 0 Å². The number of hydrogen-bond acceptors (Lipinski definition) is 3. The van der Waals surface area contributed by atoms with E-state index in [1.165, 1.54) is 6.92 Å². The molecule has 0 fully saturated rings. The van der Waals surface area contributed by atoms with E-state index >= 15 is 0 Å². The second-order valence-corrected chi connectivity index (χ2v) is 1.98. The van der Waals surface area contributed by atoms with Crippen molar-refractivity contribution in [3.8, 4) is 0 Å². The summed E-state index contributed by atoms with van der Waals surface area (Å²) < 4.78 is 4.45. The van der Waals surface area contributed by atoms with Crippen LogP contribution in [-0.4, -0.2) is 17.4 Å². The van der Waals surface area contributed by atoms with E-state index in [9.17, 15) is 4.79 Å². The summed E-state index contributed by atoms with van der Waals surface area (Å²) in [4.78, 5) is 10.7. The minimum atomic E-state index is -1.03. The zero-order chi connectivity index (χ0) is 8.15. The van der Waals surface area contributed by atoms with Gasteiger partial charge in [0, 0.05) is 5.57 Å². The number of allylic oxidation sites excluding steroid dienone is 1. The highest BCUT2D eigenvalue weighted by atomic mass is 16.6. The molecule has 0 radical (unpaired) electrons. The van der Waals surface area contributed by atoms with Gasteiger partial charge in [-0.15, -0.1) is 0 Å². The largest absolute Gasteiger partial charge is 0.433 e. The predicted molar refractivity (Wildman–Crippen MR) is 37.2 cm³/mol. The summed E-state index contributed by atoms with van der Waals surface area (Å²) in [6, 6.07) is 0. The van der Waals surface area contributed by atoms with Gasteiger partial charge in [-0.1, -0.05) is 6.08 Å². The van der Waals surface area contributed by atoms with Crippen LogP contribution < -0.4 is 0 Å². The Kier molecular flexibility index (Phi) is 3.72. The minimum Gasteiger partial charge on any atom is -0.433 e. The van der Waals surface area contributed by atoms with E-state index in [0.29, 0.717) is 5.57 Å². The minimum absolute atomic E-state index is 0.475. The lowest BCUT2D eigenvalue weighted by molar-refractivity contribution is -0.159. The fourth-order valence-electron chi connectivity index (χ4n) is 0.366. The van der Waals surface area contributed by atoms with Gasteiger partial charge in [0.05, 0.1) is 0 Å². The molecular weight excluding hydrogens is 132 g/mol. The van der Waals surface area contributed by atoms with Gasteiger partial charge >= 0.3 is 5.97 Å². The number of hydrogen-bond donors (Lipinski definition) is 1. The molecule has 10 heavy (non-hydrogen) atoms. The summed E-state index contributed by atoms with van der Waals surface area (Å²) in [5.41, 5.74) is 0.501. The van der Waals surface area contributed by atoms with Crippen molar-refractivity contribution in [1.29, 1.82) is 0 Å². The Morgan fingerprint density at radius 2 is 2.20 bits per heavy atom. The maximum Gasteiger partial charge on any atom is 0.335 e. The average Bonchev–Trinajstić information content (AvgIpc) is 1.85. The van der Waals surface area contributed by atoms with Crippen LogP contribution in [0.2, 0.25) is 0 Å². The molecule has 0 saturated carbocycles. The molecular formula is C7H12O3. The van der Waals surface area contributed by atoms with Crippen molar-refractivity contribution >= 4 is 5.97 Å². The number of esters is 1. The van der Waals surface area contributed by atoms with Crippen molar-refractivity contribution in [3.05, 3.63) is 11.6 Å². The molecule has 0 spiro atoms. The number of carbonyl (C=O) groups excluding carboxylic acids is 1. The maximum atomic E-state index is 10.7. The Morgan fingerprint density at radius 1 is 1.70 bits per heavy atom. The highest BCUT2D eigenvalue weighted by molar-refractivity contribution is 5.87. The third-order valence-electron chi connectivity index (χ3n) is 1.03. The zero-order valence-corrected chi connectivity index (χ0v) is 6.42. The van der Waals surface area contributed by atoms with Crippen molar-refractivity contribution in [2.24, 2.45) is 0 Å². The highest BCUT2D eigenvalue weighted by Crippen LogP contribution is 1.97. The molecule has 3 nitrogen and oxygen atoms in total. The summed E-state index contributed by atoms with van der Waals surface area (Å²) >= 11 is 0. The average molecular weight is 144 g/mol. The normalized spacial score (nSPS) is 14.6. The van der Waals surface area contributed by atoms with E-state index in [2.05, 4.69) is 4.74 Å². The van der Waals surface area contributed by atoms with Crippen molar-refractivity contribution in [2.75, 3.05) is 0 Å². The molecule has 0 saturated heterocycles. The molecule has 0 aromatic rings. The third kappa shape index (κ3) is 3.25. The Morgan fingerprint density at radius 3 is 2.50 bits per heavy atom. The quantitative estimate of drug-likeness (QED) is 0.355. The fraction of sp³-hybridized carbons (Fsp3) is 0.571. The summed E-state index contributed by atoms with van der Waals surface area (Å²) in [5.74, 6) is -0.475. The smallest absolute Gasteiger partial charge is 0.335 e. The Labute approximate surface area is 60.3 Å². The van der Waals surface area contributed by atoms with Gasteiger partial charge in [0.15, 0.2) is 6.29 Å². The molecule has 3 heteroatoms. The van der Waals surface area contributed by atoms with Crippen LogP contribution in [0.25, 0.3) is 0 Å². The van der Waals surface area contributed by atoms with Gasteiger partial charge in [-0.2, -0.15) is 0 Å². The third-order valence-corrected chi connectivity index (χ3v) is 1.03. The molecule has 0 aliphatic carbocycles. The molecule has 0 bridgehead atoms. The molecule has 1 N–H and O–H groups in total. The molecule has 0 aliphatic heterocycles. The van der Waals surface area contributed by atoms with Gasteiger partial charge < -0.3 is 9.84 Å². The summed E-state index contributed by atoms with van der Waals surface area (Å²) in [5, 5.41) is 8.60. The molecule has 1 atom stereocenters. The Bertz CT molecular complexity index is 147. The molecule has 0 aliphatic rings. The molecule has 0 amide bonds. The van der Waals surface area contributed by atoms with Crippen molar-refractivity contribution < 1.29 is 14.6 Å². The van der Waals surface area contributed by atoms with Crippen LogP contribution in [0.3, 0.4) is 0 Å². The second-order valence-electron chi connectivity index (χ2n) is 1.98. The molecule has 0 heterocycles. The van der Waals surface area contributed by atoms with Crippen LogP contribution in [0.15, 0.2) is 11.6 Å². The van der Waals surface area contributed by atoms with Crippen LogP contribution in [0.1, 0.15) is 20.8 Å². The van der Waals surface area contributed by atoms with Gasteiger partial charge in [0.2, 0.25) is 0 Å². The first kappa shape index (κ1) is 9.17.